The minimum atomic E-state index is -0.833. The number of aryl methyl sites for hydroxylation is 1. The molecule has 1 aliphatic heterocycles. The molecule has 1 aliphatic rings. The maximum atomic E-state index is 11.9. The Morgan fingerprint density at radius 1 is 1.42 bits per heavy atom. The molecule has 2 amide bonds. The quantitative estimate of drug-likeness (QED) is 0.852. The number of carbonyl (C=O) groups excluding carboxylic acids is 1. The number of aliphatic carboxylic acids is 1. The molecular formula is C14H18N2O3. The molecule has 0 spiro atoms. The minimum absolute atomic E-state index is 0.0726. The van der Waals surface area contributed by atoms with E-state index < -0.39 is 5.97 Å². The summed E-state index contributed by atoms with van der Waals surface area (Å²) in [7, 11) is 0. The fraction of sp³-hybridized carbons (Fsp3) is 0.429. The SMILES string of the molecule is CCc1ccc(N2C(=O)NCC2CCC(=O)O)cc1. The van der Waals surface area contributed by atoms with Gasteiger partial charge in [0.1, 0.15) is 0 Å². The van der Waals surface area contributed by atoms with Crippen LogP contribution in [0.15, 0.2) is 24.3 Å². The van der Waals surface area contributed by atoms with Gasteiger partial charge in [0, 0.05) is 18.7 Å². The molecule has 2 rings (SSSR count). The first-order valence-electron chi connectivity index (χ1n) is 6.49. The summed E-state index contributed by atoms with van der Waals surface area (Å²) in [5, 5.41) is 11.5. The number of urea groups is 1. The summed E-state index contributed by atoms with van der Waals surface area (Å²) in [5.74, 6) is -0.833. The van der Waals surface area contributed by atoms with E-state index in [9.17, 15) is 9.59 Å². The third-order valence-electron chi connectivity index (χ3n) is 3.39. The lowest BCUT2D eigenvalue weighted by Crippen LogP contribution is -2.34. The van der Waals surface area contributed by atoms with Gasteiger partial charge in [-0.3, -0.25) is 9.69 Å². The normalized spacial score (nSPS) is 18.5. The Bertz CT molecular complexity index is 470. The predicted molar refractivity (Wildman–Crippen MR) is 72.4 cm³/mol. The minimum Gasteiger partial charge on any atom is -0.481 e. The van der Waals surface area contributed by atoms with Gasteiger partial charge in [-0.05, 0) is 30.5 Å². The van der Waals surface area contributed by atoms with Crippen molar-refractivity contribution in [3.63, 3.8) is 0 Å². The number of hydrogen-bond donors (Lipinski definition) is 2. The number of amides is 2. The molecule has 1 aromatic rings. The second-order valence-electron chi connectivity index (χ2n) is 4.66. The smallest absolute Gasteiger partial charge is 0.322 e. The summed E-state index contributed by atoms with van der Waals surface area (Å²) in [5.41, 5.74) is 2.04. The summed E-state index contributed by atoms with van der Waals surface area (Å²) in [4.78, 5) is 24.1. The van der Waals surface area contributed by atoms with E-state index in [1.807, 2.05) is 24.3 Å². The molecule has 1 saturated heterocycles. The van der Waals surface area contributed by atoms with E-state index in [2.05, 4.69) is 12.2 Å². The summed E-state index contributed by atoms with van der Waals surface area (Å²) >= 11 is 0. The number of nitrogens with zero attached hydrogens (tertiary/aromatic N) is 1. The molecule has 0 radical (unpaired) electrons. The summed E-state index contributed by atoms with van der Waals surface area (Å²) in [6.07, 6.45) is 1.49. The molecule has 1 aromatic carbocycles. The zero-order valence-corrected chi connectivity index (χ0v) is 10.9. The Morgan fingerprint density at radius 2 is 2.11 bits per heavy atom. The molecule has 1 atom stereocenters. The molecule has 0 bridgehead atoms. The van der Waals surface area contributed by atoms with Gasteiger partial charge in [0.25, 0.3) is 0 Å². The van der Waals surface area contributed by atoms with Gasteiger partial charge in [-0.15, -0.1) is 0 Å². The highest BCUT2D eigenvalue weighted by atomic mass is 16.4. The number of benzene rings is 1. The Hall–Kier alpha value is -2.04. The van der Waals surface area contributed by atoms with E-state index in [1.54, 1.807) is 4.90 Å². The summed E-state index contributed by atoms with van der Waals surface area (Å²) < 4.78 is 0. The molecule has 2 N–H and O–H groups in total. The van der Waals surface area contributed by atoms with Crippen molar-refractivity contribution in [3.05, 3.63) is 29.8 Å². The van der Waals surface area contributed by atoms with Crippen molar-refractivity contribution in [2.45, 2.75) is 32.2 Å². The predicted octanol–water partition coefficient (Wildman–Crippen LogP) is 2.01. The molecule has 0 saturated carbocycles. The van der Waals surface area contributed by atoms with Gasteiger partial charge < -0.3 is 10.4 Å². The second-order valence-corrected chi connectivity index (χ2v) is 4.66. The third kappa shape index (κ3) is 3.05. The van der Waals surface area contributed by atoms with Gasteiger partial charge in [-0.25, -0.2) is 4.79 Å². The highest BCUT2D eigenvalue weighted by molar-refractivity contribution is 5.95. The molecule has 1 fully saturated rings. The number of nitrogens with one attached hydrogen (secondary N) is 1. The van der Waals surface area contributed by atoms with Gasteiger partial charge in [0.2, 0.25) is 0 Å². The van der Waals surface area contributed by atoms with Crippen molar-refractivity contribution < 1.29 is 14.7 Å². The first kappa shape index (κ1) is 13.4. The first-order chi connectivity index (χ1) is 9.11. The van der Waals surface area contributed by atoms with E-state index >= 15 is 0 Å². The molecule has 5 heteroatoms. The van der Waals surface area contributed by atoms with Crippen LogP contribution in [0.2, 0.25) is 0 Å². The van der Waals surface area contributed by atoms with E-state index in [0.717, 1.165) is 12.1 Å². The zero-order chi connectivity index (χ0) is 13.8. The fourth-order valence-corrected chi connectivity index (χ4v) is 2.29. The molecule has 5 nitrogen and oxygen atoms in total. The molecule has 0 aromatic heterocycles. The van der Waals surface area contributed by atoms with Gasteiger partial charge in [0.15, 0.2) is 0 Å². The number of carboxylic acids is 1. The Labute approximate surface area is 112 Å². The van der Waals surface area contributed by atoms with Gasteiger partial charge >= 0.3 is 12.0 Å². The Morgan fingerprint density at radius 3 is 2.68 bits per heavy atom. The van der Waals surface area contributed by atoms with Crippen molar-refractivity contribution in [3.8, 4) is 0 Å². The fourth-order valence-electron chi connectivity index (χ4n) is 2.29. The largest absolute Gasteiger partial charge is 0.481 e. The van der Waals surface area contributed by atoms with Crippen LogP contribution in [0.5, 0.6) is 0 Å². The van der Waals surface area contributed by atoms with E-state index in [4.69, 9.17) is 5.11 Å². The average molecular weight is 262 g/mol. The second kappa shape index (κ2) is 5.73. The molecule has 102 valence electrons. The third-order valence-corrected chi connectivity index (χ3v) is 3.39. The van der Waals surface area contributed by atoms with Crippen LogP contribution in [0.3, 0.4) is 0 Å². The highest BCUT2D eigenvalue weighted by Gasteiger charge is 2.31. The molecule has 1 unspecified atom stereocenters. The van der Waals surface area contributed by atoms with Crippen molar-refractivity contribution in [2.24, 2.45) is 0 Å². The number of rotatable bonds is 5. The first-order valence-corrected chi connectivity index (χ1v) is 6.49. The summed E-state index contributed by atoms with van der Waals surface area (Å²) in [6.45, 7) is 2.58. The van der Waals surface area contributed by atoms with E-state index in [-0.39, 0.29) is 18.5 Å². The number of carbonyl (C=O) groups is 2. The molecule has 1 heterocycles. The van der Waals surface area contributed by atoms with Crippen LogP contribution in [0.4, 0.5) is 10.5 Å². The van der Waals surface area contributed by atoms with Crippen LogP contribution in [0.25, 0.3) is 0 Å². The van der Waals surface area contributed by atoms with Gasteiger partial charge in [-0.2, -0.15) is 0 Å². The van der Waals surface area contributed by atoms with Crippen LogP contribution in [0.1, 0.15) is 25.3 Å². The van der Waals surface area contributed by atoms with Crippen molar-refractivity contribution in [1.82, 2.24) is 5.32 Å². The van der Waals surface area contributed by atoms with Crippen LogP contribution in [-0.2, 0) is 11.2 Å². The monoisotopic (exact) mass is 262 g/mol. The maximum Gasteiger partial charge on any atom is 0.322 e. The van der Waals surface area contributed by atoms with E-state index in [1.165, 1.54) is 5.56 Å². The molecule has 19 heavy (non-hydrogen) atoms. The van der Waals surface area contributed by atoms with Crippen molar-refractivity contribution in [2.75, 3.05) is 11.4 Å². The lowest BCUT2D eigenvalue weighted by Gasteiger charge is -2.22. The standard InChI is InChI=1S/C14H18N2O3/c1-2-10-3-5-11(6-4-10)16-12(7-8-13(17)18)9-15-14(16)19/h3-6,12H,2,7-9H2,1H3,(H,15,19)(H,17,18). The number of anilines is 1. The van der Waals surface area contributed by atoms with Gasteiger partial charge in [0.05, 0.1) is 6.04 Å². The van der Waals surface area contributed by atoms with Gasteiger partial charge in [-0.1, -0.05) is 19.1 Å². The number of hydrogen-bond acceptors (Lipinski definition) is 2. The Kier molecular flexibility index (Phi) is 4.04. The Balaban J connectivity index is 2.13. The zero-order valence-electron chi connectivity index (χ0n) is 10.9. The van der Waals surface area contributed by atoms with Crippen LogP contribution < -0.4 is 10.2 Å². The molecule has 0 aliphatic carbocycles. The lowest BCUT2D eigenvalue weighted by atomic mass is 10.1. The lowest BCUT2D eigenvalue weighted by molar-refractivity contribution is -0.137. The van der Waals surface area contributed by atoms with Crippen LogP contribution >= 0.6 is 0 Å². The number of carboxylic acid groups (broad SMARTS) is 1. The highest BCUT2D eigenvalue weighted by Crippen LogP contribution is 2.23. The average Bonchev–Trinajstić information content (AvgIpc) is 2.78. The van der Waals surface area contributed by atoms with Crippen LogP contribution in [0, 0.1) is 0 Å². The van der Waals surface area contributed by atoms with Crippen molar-refractivity contribution in [1.29, 1.82) is 0 Å². The topological polar surface area (TPSA) is 69.6 Å². The van der Waals surface area contributed by atoms with Crippen molar-refractivity contribution >= 4 is 17.7 Å². The summed E-state index contributed by atoms with van der Waals surface area (Å²) in [6, 6.07) is 7.58. The maximum absolute atomic E-state index is 11.9. The van der Waals surface area contributed by atoms with E-state index in [0.29, 0.717) is 13.0 Å². The van der Waals surface area contributed by atoms with Crippen LogP contribution in [-0.4, -0.2) is 29.7 Å². The molecular weight excluding hydrogens is 244 g/mol.